The monoisotopic (exact) mass is 342 g/mol. The van der Waals surface area contributed by atoms with E-state index in [0.29, 0.717) is 19.4 Å². The van der Waals surface area contributed by atoms with Crippen molar-refractivity contribution in [1.29, 1.82) is 0 Å². The minimum Gasteiger partial charge on any atom is -0.352 e. The number of hydrogen-bond acceptors (Lipinski definition) is 4. The molecule has 0 aromatic rings. The molecule has 0 aliphatic rings. The highest BCUT2D eigenvalue weighted by Crippen LogP contribution is 2.09. The average Bonchev–Trinajstić information content (AvgIpc) is 2.45. The average molecular weight is 342 g/mol. The van der Waals surface area contributed by atoms with Crippen LogP contribution in [0.4, 0.5) is 4.79 Å². The molecule has 2 atom stereocenters. The van der Waals surface area contributed by atoms with Crippen molar-refractivity contribution in [2.75, 3.05) is 6.54 Å². The Morgan fingerprint density at radius 1 is 1.00 bits per heavy atom. The van der Waals surface area contributed by atoms with Crippen molar-refractivity contribution in [2.24, 2.45) is 17.6 Å². The molecule has 0 radical (unpaired) electrons. The van der Waals surface area contributed by atoms with Gasteiger partial charge in [-0.3, -0.25) is 9.59 Å². The minimum absolute atomic E-state index is 0.00511. The molecule has 0 aromatic carbocycles. The van der Waals surface area contributed by atoms with E-state index in [9.17, 15) is 14.4 Å². The maximum atomic E-state index is 12.6. The van der Waals surface area contributed by atoms with Gasteiger partial charge in [-0.15, -0.1) is 0 Å². The van der Waals surface area contributed by atoms with Gasteiger partial charge in [0.15, 0.2) is 5.78 Å². The number of amides is 3. The molecule has 0 saturated carbocycles. The summed E-state index contributed by atoms with van der Waals surface area (Å²) in [6.07, 6.45) is 1.03. The SMILES string of the molecule is CC(C)N[C@@H](C(=O)N[C@@H](CCCNC(N)=O)C(=O)C(C)C)C(C)C. The lowest BCUT2D eigenvalue weighted by Crippen LogP contribution is -2.54. The third-order valence-corrected chi connectivity index (χ3v) is 3.66. The summed E-state index contributed by atoms with van der Waals surface area (Å²) in [6.45, 7) is 11.9. The van der Waals surface area contributed by atoms with Crippen molar-refractivity contribution in [1.82, 2.24) is 16.0 Å². The van der Waals surface area contributed by atoms with Crippen molar-refractivity contribution in [3.63, 3.8) is 0 Å². The first kappa shape index (κ1) is 22.4. The highest BCUT2D eigenvalue weighted by Gasteiger charge is 2.28. The van der Waals surface area contributed by atoms with Crippen LogP contribution in [0.25, 0.3) is 0 Å². The molecule has 140 valence electrons. The number of primary amides is 1. The highest BCUT2D eigenvalue weighted by molar-refractivity contribution is 5.91. The summed E-state index contributed by atoms with van der Waals surface area (Å²) >= 11 is 0. The van der Waals surface area contributed by atoms with Crippen LogP contribution in [0, 0.1) is 11.8 Å². The summed E-state index contributed by atoms with van der Waals surface area (Å²) in [6, 6.07) is -1.33. The molecule has 0 aliphatic heterocycles. The molecule has 5 N–H and O–H groups in total. The summed E-state index contributed by atoms with van der Waals surface area (Å²) < 4.78 is 0. The van der Waals surface area contributed by atoms with Crippen LogP contribution in [0.5, 0.6) is 0 Å². The molecule has 0 heterocycles. The van der Waals surface area contributed by atoms with Gasteiger partial charge in [0.05, 0.1) is 12.1 Å². The van der Waals surface area contributed by atoms with Crippen molar-refractivity contribution >= 4 is 17.7 Å². The summed E-state index contributed by atoms with van der Waals surface area (Å²) in [5.41, 5.74) is 5.02. The molecule has 0 unspecified atom stereocenters. The zero-order chi connectivity index (χ0) is 18.9. The van der Waals surface area contributed by atoms with Crippen molar-refractivity contribution in [2.45, 2.75) is 72.5 Å². The number of ketones is 1. The Morgan fingerprint density at radius 2 is 1.58 bits per heavy atom. The van der Waals surface area contributed by atoms with Crippen LogP contribution in [0.2, 0.25) is 0 Å². The molecule has 0 saturated heterocycles. The molecule has 7 nitrogen and oxygen atoms in total. The van der Waals surface area contributed by atoms with Crippen molar-refractivity contribution in [3.8, 4) is 0 Å². The second-order valence-electron chi connectivity index (χ2n) is 7.09. The molecule has 0 aliphatic carbocycles. The number of hydrogen-bond donors (Lipinski definition) is 4. The van der Waals surface area contributed by atoms with E-state index >= 15 is 0 Å². The fourth-order valence-corrected chi connectivity index (χ4v) is 2.40. The smallest absolute Gasteiger partial charge is 0.312 e. The quantitative estimate of drug-likeness (QED) is 0.422. The Balaban J connectivity index is 4.85. The van der Waals surface area contributed by atoms with Crippen LogP contribution in [0.15, 0.2) is 0 Å². The van der Waals surface area contributed by atoms with Gasteiger partial charge in [-0.25, -0.2) is 4.79 Å². The van der Waals surface area contributed by atoms with Gasteiger partial charge in [-0.1, -0.05) is 41.5 Å². The lowest BCUT2D eigenvalue weighted by molar-refractivity contribution is -0.131. The minimum atomic E-state index is -0.591. The predicted octanol–water partition coefficient (Wildman–Crippen LogP) is 1.17. The predicted molar refractivity (Wildman–Crippen MR) is 95.5 cm³/mol. The van der Waals surface area contributed by atoms with Gasteiger partial charge in [0.1, 0.15) is 0 Å². The lowest BCUT2D eigenvalue weighted by Gasteiger charge is -2.27. The molecule has 7 heteroatoms. The van der Waals surface area contributed by atoms with E-state index in [1.165, 1.54) is 0 Å². The molecule has 3 amide bonds. The molecule has 0 rings (SSSR count). The zero-order valence-corrected chi connectivity index (χ0v) is 15.8. The van der Waals surface area contributed by atoms with E-state index in [0.717, 1.165) is 0 Å². The van der Waals surface area contributed by atoms with E-state index in [-0.39, 0.29) is 35.6 Å². The fraction of sp³-hybridized carbons (Fsp3) is 0.824. The Labute approximate surface area is 145 Å². The van der Waals surface area contributed by atoms with E-state index in [4.69, 9.17) is 5.73 Å². The van der Waals surface area contributed by atoms with Crippen LogP contribution in [0.1, 0.15) is 54.4 Å². The Hall–Kier alpha value is -1.63. The standard InChI is InChI=1S/C17H34N4O3/c1-10(2)14(20-12(5)6)16(23)21-13(15(22)11(3)4)8-7-9-19-17(18)24/h10-14,20H,7-9H2,1-6H3,(H,21,23)(H3,18,19,24)/t13-,14+/m0/s1. The Kier molecular flexibility index (Phi) is 10.3. The lowest BCUT2D eigenvalue weighted by atomic mass is 9.96. The number of rotatable bonds is 11. The molecule has 24 heavy (non-hydrogen) atoms. The second kappa shape index (κ2) is 11.0. The van der Waals surface area contributed by atoms with Gasteiger partial charge in [0, 0.05) is 18.5 Å². The second-order valence-corrected chi connectivity index (χ2v) is 7.09. The number of Topliss-reactive ketones (excluding diaryl/α,β-unsaturated/α-hetero) is 1. The fourth-order valence-electron chi connectivity index (χ4n) is 2.40. The van der Waals surface area contributed by atoms with E-state index in [1.54, 1.807) is 0 Å². The van der Waals surface area contributed by atoms with Gasteiger partial charge < -0.3 is 21.7 Å². The molecule has 0 fully saturated rings. The number of urea groups is 1. The maximum Gasteiger partial charge on any atom is 0.312 e. The number of carbonyl (C=O) groups is 3. The summed E-state index contributed by atoms with van der Waals surface area (Å²) in [4.78, 5) is 35.7. The van der Waals surface area contributed by atoms with Crippen LogP contribution >= 0.6 is 0 Å². The van der Waals surface area contributed by atoms with Crippen LogP contribution in [0.3, 0.4) is 0 Å². The third kappa shape index (κ3) is 8.86. The van der Waals surface area contributed by atoms with Crippen LogP contribution in [-0.4, -0.2) is 42.4 Å². The zero-order valence-electron chi connectivity index (χ0n) is 15.8. The first-order chi connectivity index (χ1) is 11.1. The van der Waals surface area contributed by atoms with Gasteiger partial charge in [-0.2, -0.15) is 0 Å². The molecular weight excluding hydrogens is 308 g/mol. The number of nitrogens with two attached hydrogens (primary N) is 1. The number of carbonyl (C=O) groups excluding carboxylic acids is 3. The van der Waals surface area contributed by atoms with E-state index in [2.05, 4.69) is 16.0 Å². The van der Waals surface area contributed by atoms with Crippen molar-refractivity contribution < 1.29 is 14.4 Å². The maximum absolute atomic E-state index is 12.6. The van der Waals surface area contributed by atoms with Gasteiger partial charge in [0.25, 0.3) is 0 Å². The highest BCUT2D eigenvalue weighted by atomic mass is 16.2. The molecule has 0 aromatic heterocycles. The summed E-state index contributed by atoms with van der Waals surface area (Å²) in [5, 5.41) is 8.61. The van der Waals surface area contributed by atoms with Gasteiger partial charge in [-0.05, 0) is 18.8 Å². The largest absolute Gasteiger partial charge is 0.352 e. The Bertz CT molecular complexity index is 422. The molecule has 0 bridgehead atoms. The van der Waals surface area contributed by atoms with Gasteiger partial charge in [0.2, 0.25) is 5.91 Å². The topological polar surface area (TPSA) is 113 Å². The number of nitrogens with one attached hydrogen (secondary N) is 3. The van der Waals surface area contributed by atoms with E-state index in [1.807, 2.05) is 41.5 Å². The first-order valence-corrected chi connectivity index (χ1v) is 8.69. The first-order valence-electron chi connectivity index (χ1n) is 8.69. The van der Waals surface area contributed by atoms with Crippen LogP contribution < -0.4 is 21.7 Å². The normalized spacial score (nSPS) is 13.9. The van der Waals surface area contributed by atoms with Crippen LogP contribution in [-0.2, 0) is 9.59 Å². The third-order valence-electron chi connectivity index (χ3n) is 3.66. The summed E-state index contributed by atoms with van der Waals surface area (Å²) in [7, 11) is 0. The van der Waals surface area contributed by atoms with Gasteiger partial charge >= 0.3 is 6.03 Å². The van der Waals surface area contributed by atoms with E-state index < -0.39 is 12.1 Å². The van der Waals surface area contributed by atoms with Crippen molar-refractivity contribution in [3.05, 3.63) is 0 Å². The molecule has 0 spiro atoms. The summed E-state index contributed by atoms with van der Waals surface area (Å²) in [5.74, 6) is -0.233. The Morgan fingerprint density at radius 3 is 2.00 bits per heavy atom. The molecular formula is C17H34N4O3.